The lowest BCUT2D eigenvalue weighted by Gasteiger charge is -2.19. The first kappa shape index (κ1) is 11.3. The second-order valence-electron chi connectivity index (χ2n) is 3.25. The van der Waals surface area contributed by atoms with E-state index < -0.39 is 0 Å². The molecule has 1 aromatic rings. The van der Waals surface area contributed by atoms with Gasteiger partial charge in [0.2, 0.25) is 0 Å². The van der Waals surface area contributed by atoms with E-state index in [2.05, 4.69) is 47.2 Å². The van der Waals surface area contributed by atoms with Crippen LogP contribution < -0.4 is 33.9 Å². The van der Waals surface area contributed by atoms with Crippen LogP contribution in [0.3, 0.4) is 0 Å². The summed E-state index contributed by atoms with van der Waals surface area (Å²) in [5, 5.41) is 0. The zero-order chi connectivity index (χ0) is 9.26. The molecule has 0 aliphatic carbocycles. The molecule has 3 nitrogen and oxygen atoms in total. The number of aromatic nitrogens is 1. The number of aromatic amines is 1. The number of H-pyrrole nitrogens is 1. The first-order valence-electron chi connectivity index (χ1n) is 4.44. The molecule has 0 saturated heterocycles. The molecule has 0 saturated carbocycles. The number of nitrogens with one attached hydrogen (secondary N) is 1. The van der Waals surface area contributed by atoms with Gasteiger partial charge in [0.05, 0.1) is 6.20 Å². The molecule has 0 fully saturated rings. The van der Waals surface area contributed by atoms with Gasteiger partial charge in [-0.05, 0) is 13.0 Å². The van der Waals surface area contributed by atoms with Crippen molar-refractivity contribution in [2.45, 2.75) is 13.1 Å². The Morgan fingerprint density at radius 2 is 2.07 bits per heavy atom. The second kappa shape index (κ2) is 4.63. The lowest BCUT2D eigenvalue weighted by atomic mass is 10.4. The predicted octanol–water partition coefficient (Wildman–Crippen LogP) is -1.93. The molecule has 0 amide bonds. The van der Waals surface area contributed by atoms with E-state index in [1.165, 1.54) is 0 Å². The maximum absolute atomic E-state index is 3.21. The van der Waals surface area contributed by atoms with Gasteiger partial charge in [-0.1, -0.05) is 6.07 Å². The average molecular weight is 303 g/mol. The average Bonchev–Trinajstić information content (AvgIpc) is 2.49. The largest absolute Gasteiger partial charge is 1.00 e. The van der Waals surface area contributed by atoms with E-state index in [9.17, 15) is 0 Å². The molecular formula is C10H14IN3. The van der Waals surface area contributed by atoms with Crippen molar-refractivity contribution in [2.75, 3.05) is 11.9 Å². The van der Waals surface area contributed by atoms with Gasteiger partial charge in [0.25, 0.3) is 5.82 Å². The summed E-state index contributed by atoms with van der Waals surface area (Å²) in [5.41, 5.74) is 0. The minimum atomic E-state index is 0. The molecule has 1 atom stereocenters. The van der Waals surface area contributed by atoms with E-state index in [1.807, 2.05) is 18.3 Å². The van der Waals surface area contributed by atoms with Crippen LogP contribution >= 0.6 is 0 Å². The summed E-state index contributed by atoms with van der Waals surface area (Å²) in [5.74, 6) is 1.12. The maximum Gasteiger partial charge on any atom is 0.280 e. The van der Waals surface area contributed by atoms with Crippen molar-refractivity contribution in [1.29, 1.82) is 0 Å². The molecule has 76 valence electrons. The van der Waals surface area contributed by atoms with Crippen LogP contribution in [0.5, 0.6) is 0 Å². The van der Waals surface area contributed by atoms with Gasteiger partial charge < -0.3 is 28.9 Å². The third-order valence-electron chi connectivity index (χ3n) is 2.43. The number of anilines is 1. The summed E-state index contributed by atoms with van der Waals surface area (Å²) in [6, 6.07) is 6.09. The highest BCUT2D eigenvalue weighted by atomic mass is 127. The zero-order valence-corrected chi connectivity index (χ0v) is 10.5. The molecule has 0 spiro atoms. The fraction of sp³-hybridized carbons (Fsp3) is 0.300. The Hall–Kier alpha value is -0.780. The van der Waals surface area contributed by atoms with Gasteiger partial charge in [0, 0.05) is 19.3 Å². The third kappa shape index (κ3) is 2.00. The highest BCUT2D eigenvalue weighted by Gasteiger charge is 2.27. The summed E-state index contributed by atoms with van der Waals surface area (Å²) >= 11 is 0. The third-order valence-corrected chi connectivity index (χ3v) is 2.43. The fourth-order valence-corrected chi connectivity index (χ4v) is 1.45. The SMILES string of the molecule is CC1N(C)C=CN1c1cccc[nH+]1.[I-]. The Bertz CT molecular complexity index is 312. The monoisotopic (exact) mass is 303 g/mol. The summed E-state index contributed by atoms with van der Waals surface area (Å²) < 4.78 is 0. The summed E-state index contributed by atoms with van der Waals surface area (Å²) in [7, 11) is 2.07. The van der Waals surface area contributed by atoms with Gasteiger partial charge in [-0.3, -0.25) is 0 Å². The van der Waals surface area contributed by atoms with Crippen LogP contribution in [0.25, 0.3) is 0 Å². The molecule has 0 aromatic carbocycles. The van der Waals surface area contributed by atoms with Crippen LogP contribution in [-0.4, -0.2) is 18.1 Å². The molecule has 2 rings (SSSR count). The lowest BCUT2D eigenvalue weighted by molar-refractivity contribution is -0.364. The Kier molecular flexibility index (Phi) is 3.74. The Morgan fingerprint density at radius 1 is 1.29 bits per heavy atom. The van der Waals surface area contributed by atoms with Crippen LogP contribution in [-0.2, 0) is 0 Å². The van der Waals surface area contributed by atoms with Crippen molar-refractivity contribution in [3.8, 4) is 0 Å². The first-order valence-corrected chi connectivity index (χ1v) is 4.44. The number of hydrogen-bond acceptors (Lipinski definition) is 2. The summed E-state index contributed by atoms with van der Waals surface area (Å²) in [6.07, 6.45) is 6.48. The van der Waals surface area contributed by atoms with Crippen molar-refractivity contribution in [2.24, 2.45) is 0 Å². The van der Waals surface area contributed by atoms with Gasteiger partial charge in [-0.15, -0.1) is 0 Å². The smallest absolute Gasteiger partial charge is 0.280 e. The molecule has 14 heavy (non-hydrogen) atoms. The van der Waals surface area contributed by atoms with Gasteiger partial charge in [0.1, 0.15) is 6.20 Å². The summed E-state index contributed by atoms with van der Waals surface area (Å²) in [4.78, 5) is 7.57. The predicted molar refractivity (Wildman–Crippen MR) is 51.8 cm³/mol. The van der Waals surface area contributed by atoms with Crippen LogP contribution in [0.1, 0.15) is 6.92 Å². The maximum atomic E-state index is 3.21. The van der Waals surface area contributed by atoms with E-state index in [4.69, 9.17) is 0 Å². The molecule has 1 aliphatic heterocycles. The lowest BCUT2D eigenvalue weighted by Crippen LogP contribution is -3.00. The van der Waals surface area contributed by atoms with Gasteiger partial charge in [-0.25, -0.2) is 9.88 Å². The van der Waals surface area contributed by atoms with E-state index in [1.54, 1.807) is 0 Å². The second-order valence-corrected chi connectivity index (χ2v) is 3.25. The number of hydrogen-bond donors (Lipinski definition) is 0. The Morgan fingerprint density at radius 3 is 2.57 bits per heavy atom. The van der Waals surface area contributed by atoms with E-state index in [-0.39, 0.29) is 24.0 Å². The molecule has 1 unspecified atom stereocenters. The molecule has 4 heteroatoms. The minimum Gasteiger partial charge on any atom is -1.00 e. The fourth-order valence-electron chi connectivity index (χ4n) is 1.45. The summed E-state index contributed by atoms with van der Waals surface area (Å²) in [6.45, 7) is 2.17. The van der Waals surface area contributed by atoms with E-state index in [0.29, 0.717) is 6.17 Å². The highest BCUT2D eigenvalue weighted by Crippen LogP contribution is 2.18. The first-order chi connectivity index (χ1) is 6.29. The number of nitrogens with zero attached hydrogens (tertiary/aromatic N) is 2. The molecular weight excluding hydrogens is 289 g/mol. The standard InChI is InChI=1S/C10H13N3.HI/c1-9-12(2)7-8-13(9)10-5-3-4-6-11-10;/h3-9H,1-2H3;1H. The van der Waals surface area contributed by atoms with Crippen molar-refractivity contribution in [3.05, 3.63) is 36.8 Å². The van der Waals surface area contributed by atoms with Crippen molar-refractivity contribution in [1.82, 2.24) is 4.90 Å². The van der Waals surface area contributed by atoms with Crippen LogP contribution in [0, 0.1) is 0 Å². The zero-order valence-electron chi connectivity index (χ0n) is 8.31. The minimum absolute atomic E-state index is 0. The van der Waals surface area contributed by atoms with Crippen LogP contribution in [0.15, 0.2) is 36.8 Å². The molecule has 1 N–H and O–H groups in total. The number of halogens is 1. The van der Waals surface area contributed by atoms with Crippen LogP contribution in [0.4, 0.5) is 5.82 Å². The highest BCUT2D eigenvalue weighted by molar-refractivity contribution is 5.39. The molecule has 0 radical (unpaired) electrons. The topological polar surface area (TPSA) is 20.6 Å². The van der Waals surface area contributed by atoms with Crippen molar-refractivity contribution in [3.63, 3.8) is 0 Å². The van der Waals surface area contributed by atoms with E-state index in [0.717, 1.165) is 5.82 Å². The van der Waals surface area contributed by atoms with Gasteiger partial charge in [-0.2, -0.15) is 0 Å². The molecule has 1 aromatic heterocycles. The normalized spacial score (nSPS) is 19.7. The molecule has 0 bridgehead atoms. The van der Waals surface area contributed by atoms with E-state index >= 15 is 0 Å². The Balaban J connectivity index is 0.000000980. The van der Waals surface area contributed by atoms with Crippen molar-refractivity contribution < 1.29 is 29.0 Å². The van der Waals surface area contributed by atoms with Gasteiger partial charge >= 0.3 is 0 Å². The molecule has 1 aliphatic rings. The van der Waals surface area contributed by atoms with Gasteiger partial charge in [0.15, 0.2) is 6.17 Å². The molecule has 2 heterocycles. The number of pyridine rings is 1. The quantitative estimate of drug-likeness (QED) is 0.564. The Labute approximate surface area is 101 Å². The number of rotatable bonds is 1. The van der Waals surface area contributed by atoms with Crippen molar-refractivity contribution >= 4 is 5.82 Å². The van der Waals surface area contributed by atoms with Crippen LogP contribution in [0.2, 0.25) is 0 Å².